The molecule has 26 heavy (non-hydrogen) atoms. The standard InChI is InChI=1S/C19H26O7/c1-22-15(13-20)10-14-11-16(23-2)19(17(12-14)24-3)26-9-7-5-6-8-18(21)25-4/h10-13H,5-9H2,1-4H3. The first-order valence-electron chi connectivity index (χ1n) is 8.26. The van der Waals surface area contributed by atoms with Crippen molar-refractivity contribution in [2.45, 2.75) is 25.7 Å². The molecule has 0 saturated carbocycles. The van der Waals surface area contributed by atoms with Gasteiger partial charge in [-0.05, 0) is 43.0 Å². The highest BCUT2D eigenvalue weighted by atomic mass is 16.5. The highest BCUT2D eigenvalue weighted by Gasteiger charge is 2.14. The van der Waals surface area contributed by atoms with Crippen LogP contribution in [0, 0.1) is 0 Å². The van der Waals surface area contributed by atoms with Gasteiger partial charge >= 0.3 is 5.97 Å². The molecule has 0 spiro atoms. The summed E-state index contributed by atoms with van der Waals surface area (Å²) in [5.74, 6) is 1.46. The molecule has 0 radical (unpaired) electrons. The molecule has 0 amide bonds. The minimum atomic E-state index is -0.205. The Morgan fingerprint density at radius 3 is 2.12 bits per heavy atom. The van der Waals surface area contributed by atoms with Gasteiger partial charge in [0.05, 0.1) is 35.0 Å². The number of benzene rings is 1. The molecule has 0 aliphatic carbocycles. The van der Waals surface area contributed by atoms with E-state index in [9.17, 15) is 9.59 Å². The van der Waals surface area contributed by atoms with E-state index in [0.717, 1.165) is 19.3 Å². The molecular weight excluding hydrogens is 340 g/mol. The van der Waals surface area contributed by atoms with Gasteiger partial charge in [0.2, 0.25) is 5.75 Å². The summed E-state index contributed by atoms with van der Waals surface area (Å²) in [7, 11) is 5.87. The summed E-state index contributed by atoms with van der Waals surface area (Å²) in [6.45, 7) is 0.459. The largest absolute Gasteiger partial charge is 0.493 e. The number of carbonyl (C=O) groups is 2. The predicted molar refractivity (Wildman–Crippen MR) is 96.6 cm³/mol. The number of hydrogen-bond acceptors (Lipinski definition) is 7. The molecule has 1 aromatic carbocycles. The Bertz CT molecular complexity index is 597. The summed E-state index contributed by atoms with van der Waals surface area (Å²) in [6, 6.07) is 3.47. The third-order valence-corrected chi connectivity index (χ3v) is 3.64. The predicted octanol–water partition coefficient (Wildman–Crippen LogP) is 3.00. The summed E-state index contributed by atoms with van der Waals surface area (Å²) in [5.41, 5.74) is 0.688. The average Bonchev–Trinajstić information content (AvgIpc) is 2.68. The minimum absolute atomic E-state index is 0.188. The van der Waals surface area contributed by atoms with Crippen LogP contribution in [0.3, 0.4) is 0 Å². The van der Waals surface area contributed by atoms with E-state index in [1.165, 1.54) is 28.4 Å². The Morgan fingerprint density at radius 2 is 1.62 bits per heavy atom. The van der Waals surface area contributed by atoms with Crippen LogP contribution in [0.2, 0.25) is 0 Å². The van der Waals surface area contributed by atoms with Crippen molar-refractivity contribution in [3.63, 3.8) is 0 Å². The van der Waals surface area contributed by atoms with Crippen LogP contribution in [-0.4, -0.2) is 47.3 Å². The monoisotopic (exact) mass is 366 g/mol. The number of allylic oxidation sites excluding steroid dienone is 1. The topological polar surface area (TPSA) is 80.3 Å². The molecule has 0 bridgehead atoms. The number of carbonyl (C=O) groups excluding carboxylic acids is 2. The van der Waals surface area contributed by atoms with Crippen LogP contribution >= 0.6 is 0 Å². The summed E-state index contributed by atoms with van der Waals surface area (Å²) in [4.78, 5) is 22.0. The van der Waals surface area contributed by atoms with E-state index in [1.54, 1.807) is 18.2 Å². The van der Waals surface area contributed by atoms with Crippen LogP contribution in [0.4, 0.5) is 0 Å². The zero-order valence-electron chi connectivity index (χ0n) is 15.7. The van der Waals surface area contributed by atoms with Gasteiger partial charge in [0.25, 0.3) is 0 Å². The number of aldehydes is 1. The van der Waals surface area contributed by atoms with Crippen LogP contribution in [-0.2, 0) is 19.1 Å². The third kappa shape index (κ3) is 6.66. The van der Waals surface area contributed by atoms with E-state index in [-0.39, 0.29) is 11.7 Å². The first-order chi connectivity index (χ1) is 12.6. The first kappa shape index (κ1) is 21.3. The number of esters is 1. The van der Waals surface area contributed by atoms with Gasteiger partial charge in [-0.15, -0.1) is 0 Å². The molecule has 1 aromatic rings. The molecule has 7 heteroatoms. The van der Waals surface area contributed by atoms with E-state index in [1.807, 2.05) is 0 Å². The van der Waals surface area contributed by atoms with E-state index in [0.29, 0.717) is 42.1 Å². The maximum absolute atomic E-state index is 11.1. The molecule has 1 rings (SSSR count). The number of ether oxygens (including phenoxy) is 5. The van der Waals surface area contributed by atoms with Gasteiger partial charge < -0.3 is 23.7 Å². The van der Waals surface area contributed by atoms with Crippen LogP contribution < -0.4 is 14.2 Å². The van der Waals surface area contributed by atoms with Crippen molar-refractivity contribution in [2.75, 3.05) is 35.0 Å². The number of unbranched alkanes of at least 4 members (excludes halogenated alkanes) is 2. The van der Waals surface area contributed by atoms with Crippen molar-refractivity contribution < 1.29 is 33.3 Å². The average molecular weight is 366 g/mol. The van der Waals surface area contributed by atoms with Crippen molar-refractivity contribution >= 4 is 18.3 Å². The zero-order chi connectivity index (χ0) is 19.4. The fourth-order valence-corrected chi connectivity index (χ4v) is 2.26. The van der Waals surface area contributed by atoms with Gasteiger partial charge in [0.1, 0.15) is 0 Å². The molecule has 0 heterocycles. The highest BCUT2D eigenvalue weighted by Crippen LogP contribution is 2.39. The minimum Gasteiger partial charge on any atom is -0.493 e. The van der Waals surface area contributed by atoms with Crippen molar-refractivity contribution in [1.29, 1.82) is 0 Å². The van der Waals surface area contributed by atoms with Crippen molar-refractivity contribution in [3.8, 4) is 17.2 Å². The molecule has 0 aliphatic rings. The second-order valence-corrected chi connectivity index (χ2v) is 5.36. The summed E-state index contributed by atoms with van der Waals surface area (Å²) >= 11 is 0. The second kappa shape index (κ2) is 11.8. The fraction of sp³-hybridized carbons (Fsp3) is 0.474. The van der Waals surface area contributed by atoms with Gasteiger partial charge in [0, 0.05) is 6.42 Å². The lowest BCUT2D eigenvalue weighted by Gasteiger charge is -2.15. The molecule has 0 saturated heterocycles. The molecule has 0 aliphatic heterocycles. The summed E-state index contributed by atoms with van der Waals surface area (Å²) < 4.78 is 26.1. The highest BCUT2D eigenvalue weighted by molar-refractivity contribution is 5.79. The molecule has 0 atom stereocenters. The number of hydrogen-bond donors (Lipinski definition) is 0. The van der Waals surface area contributed by atoms with Crippen molar-refractivity contribution in [2.24, 2.45) is 0 Å². The lowest BCUT2D eigenvalue weighted by atomic mass is 10.1. The fourth-order valence-electron chi connectivity index (χ4n) is 2.26. The second-order valence-electron chi connectivity index (χ2n) is 5.36. The molecule has 7 nitrogen and oxygen atoms in total. The molecule has 0 aromatic heterocycles. The zero-order valence-corrected chi connectivity index (χ0v) is 15.7. The lowest BCUT2D eigenvalue weighted by molar-refractivity contribution is -0.140. The van der Waals surface area contributed by atoms with E-state index >= 15 is 0 Å². The molecular formula is C19H26O7. The smallest absolute Gasteiger partial charge is 0.305 e. The van der Waals surface area contributed by atoms with E-state index < -0.39 is 0 Å². The lowest BCUT2D eigenvalue weighted by Crippen LogP contribution is -2.03. The van der Waals surface area contributed by atoms with Crippen molar-refractivity contribution in [1.82, 2.24) is 0 Å². The van der Waals surface area contributed by atoms with E-state index in [4.69, 9.17) is 18.9 Å². The molecule has 0 fully saturated rings. The third-order valence-electron chi connectivity index (χ3n) is 3.64. The van der Waals surface area contributed by atoms with Gasteiger partial charge in [-0.1, -0.05) is 0 Å². The number of rotatable bonds is 12. The quantitative estimate of drug-likeness (QED) is 0.185. The maximum atomic E-state index is 11.1. The Balaban J connectivity index is 2.76. The normalized spacial score (nSPS) is 10.8. The van der Waals surface area contributed by atoms with Crippen LogP contribution in [0.1, 0.15) is 31.2 Å². The Hall–Kier alpha value is -2.70. The SMILES string of the molecule is COC(=O)CCCCCOc1c(OC)cc(C=C(C=O)OC)cc1OC. The van der Waals surface area contributed by atoms with Crippen LogP contribution in [0.15, 0.2) is 17.9 Å². The van der Waals surface area contributed by atoms with Gasteiger partial charge in [-0.3, -0.25) is 9.59 Å². The summed E-state index contributed by atoms with van der Waals surface area (Å²) in [5, 5.41) is 0. The Labute approximate surface area is 153 Å². The molecule has 0 unspecified atom stereocenters. The maximum Gasteiger partial charge on any atom is 0.305 e. The molecule has 144 valence electrons. The van der Waals surface area contributed by atoms with Crippen LogP contribution in [0.25, 0.3) is 6.08 Å². The van der Waals surface area contributed by atoms with Crippen molar-refractivity contribution in [3.05, 3.63) is 23.5 Å². The Kier molecular flexibility index (Phi) is 9.67. The van der Waals surface area contributed by atoms with Gasteiger partial charge in [-0.2, -0.15) is 0 Å². The molecule has 0 N–H and O–H groups in total. The summed E-state index contributed by atoms with van der Waals surface area (Å²) in [6.07, 6.45) is 4.98. The van der Waals surface area contributed by atoms with Gasteiger partial charge in [0.15, 0.2) is 23.5 Å². The van der Waals surface area contributed by atoms with E-state index in [2.05, 4.69) is 4.74 Å². The first-order valence-corrected chi connectivity index (χ1v) is 8.26. The Morgan fingerprint density at radius 1 is 0.962 bits per heavy atom. The van der Waals surface area contributed by atoms with Crippen LogP contribution in [0.5, 0.6) is 17.2 Å². The van der Waals surface area contributed by atoms with Gasteiger partial charge in [-0.25, -0.2) is 0 Å². The number of methoxy groups -OCH3 is 4.